The topological polar surface area (TPSA) is 27.7 Å². The molecule has 0 atom stereocenters. The number of rotatable bonds is 5. The fourth-order valence-corrected chi connectivity index (χ4v) is 13.5. The molecule has 6 rings (SSSR count). The number of hydrogen-bond acceptors (Lipinski definition) is 3. The highest BCUT2D eigenvalue weighted by molar-refractivity contribution is 7.10. The van der Waals surface area contributed by atoms with Crippen LogP contribution in [0, 0.1) is 0 Å². The second-order valence-electron chi connectivity index (χ2n) is 8.78. The van der Waals surface area contributed by atoms with Crippen molar-refractivity contribution in [3.05, 3.63) is 152 Å². The van der Waals surface area contributed by atoms with E-state index in [0.717, 1.165) is 26.2 Å². The van der Waals surface area contributed by atoms with Crippen molar-refractivity contribution < 1.29 is 12.8 Å². The van der Waals surface area contributed by atoms with E-state index in [1.165, 1.54) is 0 Å². The molecule has 1 fully saturated rings. The molecule has 3 nitrogen and oxygen atoms in total. The van der Waals surface area contributed by atoms with Gasteiger partial charge >= 0.3 is 24.2 Å². The van der Waals surface area contributed by atoms with Gasteiger partial charge in [0.25, 0.3) is 0 Å². The Balaban J connectivity index is 1.66. The van der Waals surface area contributed by atoms with Crippen molar-refractivity contribution in [2.75, 3.05) is 0 Å². The van der Waals surface area contributed by atoms with Crippen molar-refractivity contribution in [1.82, 2.24) is 0 Å². The van der Waals surface area contributed by atoms with Crippen molar-refractivity contribution in [3.8, 4) is 0 Å². The van der Waals surface area contributed by atoms with Crippen LogP contribution in [-0.2, 0) is 12.8 Å². The Labute approximate surface area is 214 Å². The summed E-state index contributed by atoms with van der Waals surface area (Å²) in [6, 6.07) is 51.8. The molecule has 5 aromatic carbocycles. The van der Waals surface area contributed by atoms with E-state index >= 15 is 0 Å². The normalized spacial score (nSPS) is 16.4. The smallest absolute Gasteiger partial charge is 0.423 e. The average molecular weight is 501 g/mol. The molecule has 174 valence electrons. The maximum absolute atomic E-state index is 7.49. The Morgan fingerprint density at radius 1 is 0.361 bits per heavy atom. The molecule has 1 saturated heterocycles. The van der Waals surface area contributed by atoms with Gasteiger partial charge in [-0.3, -0.25) is 0 Å². The molecule has 0 bridgehead atoms. The summed E-state index contributed by atoms with van der Waals surface area (Å²) in [6.07, 6.45) is 0. The van der Waals surface area contributed by atoms with Gasteiger partial charge in [-0.2, -0.15) is 0 Å². The third-order valence-electron chi connectivity index (χ3n) is 6.52. The van der Waals surface area contributed by atoms with Crippen LogP contribution in [0.1, 0.15) is 0 Å². The molecule has 1 aliphatic heterocycles. The van der Waals surface area contributed by atoms with E-state index < -0.39 is 24.2 Å². The van der Waals surface area contributed by atoms with Crippen LogP contribution in [0.15, 0.2) is 152 Å². The largest absolute Gasteiger partial charge is 0.476 e. The zero-order valence-corrected chi connectivity index (χ0v) is 21.7. The van der Waals surface area contributed by atoms with Crippen molar-refractivity contribution in [3.63, 3.8) is 0 Å². The summed E-state index contributed by atoms with van der Waals surface area (Å²) >= 11 is 0. The van der Waals surface area contributed by atoms with Crippen molar-refractivity contribution in [1.29, 1.82) is 0 Å². The van der Waals surface area contributed by atoms with Gasteiger partial charge in [0.2, 0.25) is 0 Å². The van der Waals surface area contributed by atoms with Crippen molar-refractivity contribution in [2.24, 2.45) is 0 Å². The third kappa shape index (κ3) is 4.09. The highest BCUT2D eigenvalue weighted by atomic mass is 28.5. The Morgan fingerprint density at radius 3 is 0.944 bits per heavy atom. The molecule has 0 aliphatic carbocycles. The minimum Gasteiger partial charge on any atom is -0.423 e. The summed E-state index contributed by atoms with van der Waals surface area (Å²) in [4.78, 5) is 0. The first kappa shape index (κ1) is 22.9. The van der Waals surface area contributed by atoms with Crippen molar-refractivity contribution >= 4 is 50.4 Å². The Morgan fingerprint density at radius 2 is 0.639 bits per heavy atom. The van der Waals surface area contributed by atoms with Gasteiger partial charge in [-0.25, -0.2) is 0 Å². The molecule has 0 spiro atoms. The molecule has 36 heavy (non-hydrogen) atoms. The molecular weight excluding hydrogens is 475 g/mol. The monoisotopic (exact) mass is 500 g/mol. The molecular formula is C30H25BO3Si2. The van der Waals surface area contributed by atoms with E-state index in [1.807, 2.05) is 42.5 Å². The van der Waals surface area contributed by atoms with Crippen LogP contribution in [0.2, 0.25) is 0 Å². The Kier molecular flexibility index (Phi) is 6.27. The van der Waals surface area contributed by atoms with E-state index in [2.05, 4.69) is 109 Å². The van der Waals surface area contributed by atoms with Crippen LogP contribution >= 0.6 is 0 Å². The Bertz CT molecular complexity index is 1240. The highest BCUT2D eigenvalue weighted by Crippen LogP contribution is 2.26. The van der Waals surface area contributed by atoms with Gasteiger partial charge in [0.05, 0.1) is 0 Å². The summed E-state index contributed by atoms with van der Waals surface area (Å²) in [6.45, 7) is 0. The molecule has 0 saturated carbocycles. The molecule has 5 aromatic rings. The molecule has 1 aliphatic rings. The van der Waals surface area contributed by atoms with Crippen LogP contribution in [0.5, 0.6) is 0 Å². The predicted octanol–water partition coefficient (Wildman–Crippen LogP) is 2.96. The van der Waals surface area contributed by atoms with E-state index in [0.29, 0.717) is 0 Å². The van der Waals surface area contributed by atoms with Crippen LogP contribution < -0.4 is 26.2 Å². The number of benzene rings is 5. The molecule has 6 heteroatoms. The molecule has 0 N–H and O–H groups in total. The standard InChI is InChI=1S/C30H25BO3Si2/c1-6-16-26(17-7-1)31-32-35(27-18-8-2-9-19-27,28-20-10-3-11-21-28)34-36(33-31,29-22-12-4-13-23-29)30-24-14-5-15-25-30/h1-25H. The van der Waals surface area contributed by atoms with Gasteiger partial charge in [0.15, 0.2) is 0 Å². The van der Waals surface area contributed by atoms with Gasteiger partial charge in [-0.1, -0.05) is 152 Å². The maximum Gasteiger partial charge on any atom is 0.476 e. The summed E-state index contributed by atoms with van der Waals surface area (Å²) in [5.41, 5.74) is 0.980. The van der Waals surface area contributed by atoms with E-state index in [4.69, 9.17) is 12.8 Å². The molecule has 0 amide bonds. The van der Waals surface area contributed by atoms with Crippen LogP contribution in [-0.4, -0.2) is 24.2 Å². The first-order valence-corrected chi connectivity index (χ1v) is 15.8. The summed E-state index contributed by atoms with van der Waals surface area (Å²) in [5.74, 6) is 0. The minimum atomic E-state index is -3.25. The first-order chi connectivity index (χ1) is 17.8. The quantitative estimate of drug-likeness (QED) is 0.348. The van der Waals surface area contributed by atoms with Gasteiger partial charge < -0.3 is 12.8 Å². The summed E-state index contributed by atoms with van der Waals surface area (Å²) in [7, 11) is -7.07. The lowest BCUT2D eigenvalue weighted by molar-refractivity contribution is 0.281. The van der Waals surface area contributed by atoms with E-state index in [9.17, 15) is 0 Å². The molecule has 0 aromatic heterocycles. The first-order valence-electron chi connectivity index (χ1n) is 12.1. The van der Waals surface area contributed by atoms with E-state index in [1.54, 1.807) is 0 Å². The Hall–Kier alpha value is -3.52. The highest BCUT2D eigenvalue weighted by Gasteiger charge is 2.61. The van der Waals surface area contributed by atoms with Crippen LogP contribution in [0.4, 0.5) is 0 Å². The van der Waals surface area contributed by atoms with Gasteiger partial charge in [-0.05, 0) is 26.2 Å². The summed E-state index contributed by atoms with van der Waals surface area (Å²) in [5, 5.41) is 4.24. The van der Waals surface area contributed by atoms with Gasteiger partial charge in [-0.15, -0.1) is 0 Å². The molecule has 0 unspecified atom stereocenters. The number of hydrogen-bond donors (Lipinski definition) is 0. The SMILES string of the molecule is c1ccc(B2O[Si](c3ccccc3)(c3ccccc3)O[Si](c3ccccc3)(c3ccccc3)O2)cc1. The maximum atomic E-state index is 7.49. The fourth-order valence-electron chi connectivity index (χ4n) is 4.79. The van der Waals surface area contributed by atoms with Crippen molar-refractivity contribution in [2.45, 2.75) is 0 Å². The lowest BCUT2D eigenvalue weighted by Crippen LogP contribution is -2.82. The van der Waals surface area contributed by atoms with Gasteiger partial charge in [0.1, 0.15) is 0 Å². The summed E-state index contributed by atoms with van der Waals surface area (Å²) < 4.78 is 21.6. The zero-order chi connectivity index (χ0) is 24.3. The zero-order valence-electron chi connectivity index (χ0n) is 19.7. The van der Waals surface area contributed by atoms with Gasteiger partial charge in [0, 0.05) is 0 Å². The fraction of sp³-hybridized carbons (Fsp3) is 0. The van der Waals surface area contributed by atoms with Crippen LogP contribution in [0.25, 0.3) is 0 Å². The lowest BCUT2D eigenvalue weighted by Gasteiger charge is -2.48. The average Bonchev–Trinajstić information content (AvgIpc) is 2.99. The lowest BCUT2D eigenvalue weighted by atomic mass is 9.80. The minimum absolute atomic E-state index is 0.584. The van der Waals surface area contributed by atoms with Crippen LogP contribution in [0.3, 0.4) is 0 Å². The molecule has 1 heterocycles. The second-order valence-corrected chi connectivity index (χ2v) is 14.8. The third-order valence-corrected chi connectivity index (χ3v) is 14.3. The van der Waals surface area contributed by atoms with E-state index in [-0.39, 0.29) is 0 Å². The second kappa shape index (κ2) is 9.85. The predicted molar refractivity (Wildman–Crippen MR) is 151 cm³/mol. The molecule has 0 radical (unpaired) electrons.